The third-order valence-electron chi connectivity index (χ3n) is 13.8. The fourth-order valence-corrected chi connectivity index (χ4v) is 10.8. The van der Waals surface area contributed by atoms with E-state index in [0.29, 0.717) is 0 Å². The summed E-state index contributed by atoms with van der Waals surface area (Å²) in [6.07, 6.45) is 0. The molecule has 0 aliphatic heterocycles. The highest BCUT2D eigenvalue weighted by molar-refractivity contribution is 6.21. The molecule has 302 valence electrons. The van der Waals surface area contributed by atoms with Crippen LogP contribution in [0.4, 0.5) is 0 Å². The smallest absolute Gasteiger partial charge is 0.263 e. The van der Waals surface area contributed by atoms with E-state index in [2.05, 4.69) is 221 Å². The topological polar surface area (TPSA) is 31.3 Å². The van der Waals surface area contributed by atoms with Crippen molar-refractivity contribution in [1.82, 2.24) is 13.5 Å². The van der Waals surface area contributed by atoms with Gasteiger partial charge in [0.15, 0.2) is 0 Å². The van der Waals surface area contributed by atoms with Crippen LogP contribution < -0.4 is 5.56 Å². The van der Waals surface area contributed by atoms with Gasteiger partial charge in [-0.1, -0.05) is 140 Å². The molecule has 0 atom stereocenters. The number of benzene rings is 10. The highest BCUT2D eigenvalue weighted by atomic mass is 16.1. The first-order valence-electron chi connectivity index (χ1n) is 22.2. The van der Waals surface area contributed by atoms with Crippen LogP contribution in [0.5, 0.6) is 0 Å². The van der Waals surface area contributed by atoms with Crippen LogP contribution in [0.25, 0.3) is 126 Å². The van der Waals surface area contributed by atoms with Gasteiger partial charge < -0.3 is 9.13 Å². The summed E-state index contributed by atoms with van der Waals surface area (Å²) in [5, 5.41) is 9.87. The summed E-state index contributed by atoms with van der Waals surface area (Å²) in [5.74, 6) is 0. The second-order valence-electron chi connectivity index (χ2n) is 17.3. The molecule has 0 N–H and O–H groups in total. The van der Waals surface area contributed by atoms with Crippen LogP contribution in [0, 0.1) is 0 Å². The molecule has 14 rings (SSSR count). The predicted molar refractivity (Wildman–Crippen MR) is 272 cm³/mol. The monoisotopic (exact) mass is 827 g/mol. The number of pyridine rings is 1. The SMILES string of the molecule is O=c1c2ccc(-c3ccccc3)cc2c2cccc3c4cc(-c5cccc(-n6c7ccccc7c7cc(-c8ccc9c(c8)c8ccccc8n9-c8ccccc8)ccc76)c5)ccc4n1c23. The highest BCUT2D eigenvalue weighted by Crippen LogP contribution is 2.41. The molecule has 14 aromatic rings. The number of para-hydroxylation sites is 4. The zero-order valence-electron chi connectivity index (χ0n) is 35.1. The van der Waals surface area contributed by atoms with E-state index >= 15 is 0 Å². The summed E-state index contributed by atoms with van der Waals surface area (Å²) < 4.78 is 6.69. The minimum Gasteiger partial charge on any atom is -0.309 e. The fraction of sp³-hybridized carbons (Fsp3) is 0. The third-order valence-corrected chi connectivity index (χ3v) is 13.8. The first kappa shape index (κ1) is 35.8. The van der Waals surface area contributed by atoms with E-state index in [1.165, 1.54) is 43.7 Å². The van der Waals surface area contributed by atoms with E-state index in [1.807, 2.05) is 16.5 Å². The van der Waals surface area contributed by atoms with E-state index in [4.69, 9.17) is 0 Å². The van der Waals surface area contributed by atoms with Crippen LogP contribution in [0.1, 0.15) is 0 Å². The van der Waals surface area contributed by atoms with Gasteiger partial charge in [-0.3, -0.25) is 9.20 Å². The molecule has 4 nitrogen and oxygen atoms in total. The molecule has 4 heterocycles. The number of hydrogen-bond donors (Lipinski definition) is 0. The summed E-state index contributed by atoms with van der Waals surface area (Å²) in [5.41, 5.74) is 15.7. The zero-order chi connectivity index (χ0) is 42.8. The van der Waals surface area contributed by atoms with E-state index in [0.717, 1.165) is 82.6 Å². The van der Waals surface area contributed by atoms with E-state index in [1.54, 1.807) is 0 Å². The lowest BCUT2D eigenvalue weighted by molar-refractivity contribution is 1.18. The lowest BCUT2D eigenvalue weighted by Gasteiger charge is -2.11. The molecule has 65 heavy (non-hydrogen) atoms. The summed E-state index contributed by atoms with van der Waals surface area (Å²) >= 11 is 0. The Bertz CT molecular complexity index is 4310. The molecule has 0 unspecified atom stereocenters. The van der Waals surface area contributed by atoms with Crippen molar-refractivity contribution in [3.8, 4) is 44.8 Å². The Morgan fingerprint density at radius 2 is 0.662 bits per heavy atom. The van der Waals surface area contributed by atoms with Crippen molar-refractivity contribution in [1.29, 1.82) is 0 Å². The Morgan fingerprint density at radius 1 is 0.246 bits per heavy atom. The Hall–Kier alpha value is -8.73. The number of hydrogen-bond acceptors (Lipinski definition) is 1. The van der Waals surface area contributed by atoms with Gasteiger partial charge in [-0.2, -0.15) is 0 Å². The lowest BCUT2D eigenvalue weighted by atomic mass is 9.98. The average Bonchev–Trinajstić information content (AvgIpc) is 4.01. The van der Waals surface area contributed by atoms with Crippen LogP contribution in [0.2, 0.25) is 0 Å². The molecular formula is C61H37N3O. The van der Waals surface area contributed by atoms with E-state index in [9.17, 15) is 4.79 Å². The van der Waals surface area contributed by atoms with Crippen molar-refractivity contribution in [2.24, 2.45) is 0 Å². The molecule has 0 radical (unpaired) electrons. The minimum absolute atomic E-state index is 0.0128. The van der Waals surface area contributed by atoms with Gasteiger partial charge in [0.2, 0.25) is 0 Å². The molecule has 0 spiro atoms. The van der Waals surface area contributed by atoms with Gasteiger partial charge in [-0.05, 0) is 124 Å². The molecule has 0 fully saturated rings. The van der Waals surface area contributed by atoms with Gasteiger partial charge in [-0.25, -0.2) is 0 Å². The van der Waals surface area contributed by atoms with Crippen molar-refractivity contribution in [3.05, 3.63) is 235 Å². The van der Waals surface area contributed by atoms with Crippen LogP contribution in [0.15, 0.2) is 229 Å². The van der Waals surface area contributed by atoms with Gasteiger partial charge >= 0.3 is 0 Å². The predicted octanol–water partition coefficient (Wildman–Crippen LogP) is 15.4. The van der Waals surface area contributed by atoms with Crippen molar-refractivity contribution in [2.45, 2.75) is 0 Å². The van der Waals surface area contributed by atoms with Crippen molar-refractivity contribution >= 4 is 81.6 Å². The number of nitrogens with zero attached hydrogens (tertiary/aromatic N) is 3. The number of rotatable bonds is 5. The molecule has 0 amide bonds. The lowest BCUT2D eigenvalue weighted by Crippen LogP contribution is -2.12. The highest BCUT2D eigenvalue weighted by Gasteiger charge is 2.20. The average molecular weight is 828 g/mol. The van der Waals surface area contributed by atoms with Gasteiger partial charge in [0.1, 0.15) is 0 Å². The molecule has 0 aliphatic rings. The second-order valence-corrected chi connectivity index (χ2v) is 17.3. The van der Waals surface area contributed by atoms with Crippen LogP contribution in [-0.4, -0.2) is 13.5 Å². The van der Waals surface area contributed by atoms with Crippen molar-refractivity contribution in [3.63, 3.8) is 0 Å². The van der Waals surface area contributed by atoms with Gasteiger partial charge in [0, 0.05) is 54.5 Å². The van der Waals surface area contributed by atoms with Gasteiger partial charge in [0.05, 0.1) is 33.1 Å². The summed E-state index contributed by atoms with van der Waals surface area (Å²) in [6, 6.07) is 80.3. The van der Waals surface area contributed by atoms with Gasteiger partial charge in [-0.15, -0.1) is 0 Å². The normalized spacial score (nSPS) is 12.1. The summed E-state index contributed by atoms with van der Waals surface area (Å²) in [4.78, 5) is 14.4. The molecule has 0 aliphatic carbocycles. The van der Waals surface area contributed by atoms with E-state index < -0.39 is 0 Å². The fourth-order valence-electron chi connectivity index (χ4n) is 10.8. The Labute approximate surface area is 373 Å². The standard InChI is InChI=1S/C61H37N3O/c65-61-50-29-25-40(38-13-3-1-4-14-38)34-51(50)48-21-12-22-49-54-37-41(28-32-59(54)64(61)60(48)49)39-15-11-18-45(33-39)63-56-24-10-8-20-47(56)53-36-43(27-31-58(53)63)42-26-30-57-52(35-42)46-19-7-9-23-55(46)62(57)44-16-5-2-6-17-44/h1-37H. The second kappa shape index (κ2) is 13.6. The molecule has 0 bridgehead atoms. The van der Waals surface area contributed by atoms with Crippen molar-refractivity contribution < 1.29 is 0 Å². The maximum atomic E-state index is 14.4. The maximum Gasteiger partial charge on any atom is 0.263 e. The molecule has 10 aromatic carbocycles. The minimum atomic E-state index is 0.0128. The Balaban J connectivity index is 0.891. The van der Waals surface area contributed by atoms with Crippen molar-refractivity contribution in [2.75, 3.05) is 0 Å². The summed E-state index contributed by atoms with van der Waals surface area (Å²) in [7, 11) is 0. The Morgan fingerprint density at radius 3 is 1.32 bits per heavy atom. The first-order chi connectivity index (χ1) is 32.2. The Kier molecular flexibility index (Phi) is 7.51. The molecule has 0 saturated heterocycles. The number of fused-ring (bicyclic) bond motifs is 11. The zero-order valence-corrected chi connectivity index (χ0v) is 35.1. The first-order valence-corrected chi connectivity index (χ1v) is 22.2. The number of aromatic nitrogens is 3. The van der Waals surface area contributed by atoms with Crippen LogP contribution >= 0.6 is 0 Å². The molecule has 4 heteroatoms. The molecule has 0 saturated carbocycles. The van der Waals surface area contributed by atoms with Crippen LogP contribution in [0.3, 0.4) is 0 Å². The third kappa shape index (κ3) is 5.22. The molecular weight excluding hydrogens is 791 g/mol. The quantitative estimate of drug-likeness (QED) is 0.159. The summed E-state index contributed by atoms with van der Waals surface area (Å²) in [6.45, 7) is 0. The van der Waals surface area contributed by atoms with E-state index in [-0.39, 0.29) is 5.56 Å². The largest absolute Gasteiger partial charge is 0.309 e. The maximum absolute atomic E-state index is 14.4. The van der Waals surface area contributed by atoms with Crippen LogP contribution in [-0.2, 0) is 0 Å². The molecule has 4 aromatic heterocycles. The van der Waals surface area contributed by atoms with Gasteiger partial charge in [0.25, 0.3) is 5.56 Å².